The van der Waals surface area contributed by atoms with Crippen LogP contribution in [-0.2, 0) is 16.1 Å². The van der Waals surface area contributed by atoms with E-state index in [-0.39, 0.29) is 24.1 Å². The molecular formula is C26H24FN3O2S. The number of carbonyl (C=O) groups excluding carboxylic acids is 2. The minimum atomic E-state index is -0.621. The van der Waals surface area contributed by atoms with Crippen LogP contribution in [0.4, 0.5) is 15.8 Å². The third kappa shape index (κ3) is 5.68. The molecular weight excluding hydrogens is 437 g/mol. The van der Waals surface area contributed by atoms with Crippen LogP contribution in [0.15, 0.2) is 77.8 Å². The molecule has 33 heavy (non-hydrogen) atoms. The van der Waals surface area contributed by atoms with Crippen molar-refractivity contribution in [3.8, 4) is 0 Å². The van der Waals surface area contributed by atoms with Gasteiger partial charge in [-0.1, -0.05) is 59.8 Å². The summed E-state index contributed by atoms with van der Waals surface area (Å²) >= 11 is 1.25. The van der Waals surface area contributed by atoms with Gasteiger partial charge in [-0.3, -0.25) is 14.5 Å². The molecule has 1 atom stereocenters. The lowest BCUT2D eigenvalue weighted by molar-refractivity contribution is -0.129. The van der Waals surface area contributed by atoms with Crippen LogP contribution in [0.2, 0.25) is 0 Å². The summed E-state index contributed by atoms with van der Waals surface area (Å²) < 4.78 is 13.4. The molecule has 4 rings (SSSR count). The van der Waals surface area contributed by atoms with E-state index >= 15 is 0 Å². The number of halogens is 1. The smallest absolute Gasteiger partial charge is 0.238 e. The summed E-state index contributed by atoms with van der Waals surface area (Å²) in [7, 11) is 0. The predicted octanol–water partition coefficient (Wildman–Crippen LogP) is 5.60. The number of rotatable bonds is 5. The highest BCUT2D eigenvalue weighted by molar-refractivity contribution is 8.15. The zero-order valence-electron chi connectivity index (χ0n) is 18.4. The molecule has 0 spiro atoms. The summed E-state index contributed by atoms with van der Waals surface area (Å²) in [5, 5.41) is 2.75. The van der Waals surface area contributed by atoms with E-state index < -0.39 is 5.25 Å². The first-order chi connectivity index (χ1) is 15.9. The number of aliphatic imine (C=N–C) groups is 1. The zero-order valence-corrected chi connectivity index (χ0v) is 19.2. The Labute approximate surface area is 196 Å². The SMILES string of the molecule is Cc1ccc(NC(=O)C2CC(=O)N(Cc3ccccc3)C(=Nc3ccc(F)cc3)S2)c(C)c1. The van der Waals surface area contributed by atoms with Gasteiger partial charge in [-0.2, -0.15) is 0 Å². The number of nitrogens with zero attached hydrogens (tertiary/aromatic N) is 2. The van der Waals surface area contributed by atoms with Gasteiger partial charge in [-0.15, -0.1) is 0 Å². The lowest BCUT2D eigenvalue weighted by Crippen LogP contribution is -2.44. The van der Waals surface area contributed by atoms with Gasteiger partial charge in [-0.25, -0.2) is 9.38 Å². The Morgan fingerprint density at radius 3 is 2.52 bits per heavy atom. The first-order valence-electron chi connectivity index (χ1n) is 10.6. The minimum absolute atomic E-state index is 0.0662. The summed E-state index contributed by atoms with van der Waals surface area (Å²) in [4.78, 5) is 32.4. The zero-order chi connectivity index (χ0) is 23.4. The molecule has 0 radical (unpaired) electrons. The van der Waals surface area contributed by atoms with Crippen molar-refractivity contribution in [1.82, 2.24) is 4.90 Å². The van der Waals surface area contributed by atoms with Gasteiger partial charge >= 0.3 is 0 Å². The van der Waals surface area contributed by atoms with E-state index in [0.29, 0.717) is 17.4 Å². The van der Waals surface area contributed by atoms with Gasteiger partial charge in [-0.05, 0) is 55.3 Å². The number of benzene rings is 3. The van der Waals surface area contributed by atoms with Crippen molar-refractivity contribution in [2.24, 2.45) is 4.99 Å². The normalized spacial score (nSPS) is 17.3. The first-order valence-corrected chi connectivity index (χ1v) is 11.5. The number of hydrogen-bond acceptors (Lipinski definition) is 4. The topological polar surface area (TPSA) is 61.8 Å². The molecule has 1 aliphatic rings. The van der Waals surface area contributed by atoms with Gasteiger partial charge in [0.1, 0.15) is 11.1 Å². The van der Waals surface area contributed by atoms with Crippen molar-refractivity contribution in [1.29, 1.82) is 0 Å². The van der Waals surface area contributed by atoms with Crippen molar-refractivity contribution >= 4 is 40.1 Å². The standard InChI is InChI=1S/C26H24FN3O2S/c1-17-8-13-22(18(2)14-17)29-25(32)23-15-24(31)30(16-19-6-4-3-5-7-19)26(33-23)28-21-11-9-20(27)10-12-21/h3-14,23H,15-16H2,1-2H3,(H,29,32). The third-order valence-corrected chi connectivity index (χ3v) is 6.49. The van der Waals surface area contributed by atoms with Crippen LogP contribution in [0.25, 0.3) is 0 Å². The Kier molecular flexibility index (Phi) is 6.89. The summed E-state index contributed by atoms with van der Waals surface area (Å²) in [6.07, 6.45) is 0.0662. The molecule has 168 valence electrons. The Morgan fingerprint density at radius 1 is 1.09 bits per heavy atom. The molecule has 0 saturated carbocycles. The second-order valence-corrected chi connectivity index (χ2v) is 9.12. The van der Waals surface area contributed by atoms with E-state index in [0.717, 1.165) is 22.4 Å². The lowest BCUT2D eigenvalue weighted by atomic mass is 10.1. The van der Waals surface area contributed by atoms with Crippen LogP contribution < -0.4 is 5.32 Å². The molecule has 1 unspecified atom stereocenters. The highest BCUT2D eigenvalue weighted by atomic mass is 32.2. The Balaban J connectivity index is 1.60. The molecule has 2 amide bonds. The van der Waals surface area contributed by atoms with Gasteiger partial charge in [0, 0.05) is 12.1 Å². The van der Waals surface area contributed by atoms with Gasteiger partial charge in [0.2, 0.25) is 11.8 Å². The summed E-state index contributed by atoms with van der Waals surface area (Å²) in [6.45, 7) is 4.27. The molecule has 1 aliphatic heterocycles. The number of amides is 2. The van der Waals surface area contributed by atoms with Crippen LogP contribution in [0.5, 0.6) is 0 Å². The number of thioether (sulfide) groups is 1. The number of aryl methyl sites for hydroxylation is 2. The van der Waals surface area contributed by atoms with Crippen molar-refractivity contribution in [3.05, 3.63) is 95.3 Å². The van der Waals surface area contributed by atoms with Gasteiger partial charge in [0.05, 0.1) is 12.2 Å². The molecule has 5 nitrogen and oxygen atoms in total. The number of carbonyl (C=O) groups is 2. The second-order valence-electron chi connectivity index (χ2n) is 7.95. The van der Waals surface area contributed by atoms with Gasteiger partial charge < -0.3 is 5.32 Å². The molecule has 0 bridgehead atoms. The largest absolute Gasteiger partial charge is 0.325 e. The van der Waals surface area contributed by atoms with E-state index in [2.05, 4.69) is 10.3 Å². The summed E-state index contributed by atoms with van der Waals surface area (Å²) in [6, 6.07) is 21.1. The summed E-state index contributed by atoms with van der Waals surface area (Å²) in [5.74, 6) is -0.788. The monoisotopic (exact) mass is 461 g/mol. The highest BCUT2D eigenvalue weighted by Crippen LogP contribution is 2.31. The quantitative estimate of drug-likeness (QED) is 0.538. The van der Waals surface area contributed by atoms with Crippen LogP contribution in [-0.4, -0.2) is 27.1 Å². The Hall–Kier alpha value is -3.45. The fourth-order valence-corrected chi connectivity index (χ4v) is 4.65. The average Bonchev–Trinajstić information content (AvgIpc) is 2.80. The molecule has 3 aromatic rings. The first kappa shape index (κ1) is 22.7. The van der Waals surface area contributed by atoms with E-state index in [9.17, 15) is 14.0 Å². The molecule has 1 saturated heterocycles. The van der Waals surface area contributed by atoms with Crippen molar-refractivity contribution in [3.63, 3.8) is 0 Å². The van der Waals surface area contributed by atoms with Crippen LogP contribution in [0.1, 0.15) is 23.1 Å². The maximum absolute atomic E-state index is 13.4. The molecule has 7 heteroatoms. The molecule has 1 heterocycles. The molecule has 1 fully saturated rings. The highest BCUT2D eigenvalue weighted by Gasteiger charge is 2.36. The number of nitrogens with one attached hydrogen (secondary N) is 1. The fraction of sp³-hybridized carbons (Fsp3) is 0.192. The van der Waals surface area contributed by atoms with Gasteiger partial charge in [0.15, 0.2) is 5.17 Å². The third-order valence-electron chi connectivity index (χ3n) is 5.31. The van der Waals surface area contributed by atoms with Crippen molar-refractivity contribution in [2.45, 2.75) is 32.1 Å². The van der Waals surface area contributed by atoms with E-state index in [1.165, 1.54) is 23.9 Å². The predicted molar refractivity (Wildman–Crippen MR) is 131 cm³/mol. The van der Waals surface area contributed by atoms with Crippen LogP contribution in [0.3, 0.4) is 0 Å². The van der Waals surface area contributed by atoms with Crippen molar-refractivity contribution < 1.29 is 14.0 Å². The van der Waals surface area contributed by atoms with Gasteiger partial charge in [0.25, 0.3) is 0 Å². The Morgan fingerprint density at radius 2 is 1.82 bits per heavy atom. The van der Waals surface area contributed by atoms with Crippen LogP contribution in [0, 0.1) is 19.7 Å². The molecule has 0 aromatic heterocycles. The molecule has 1 N–H and O–H groups in total. The maximum atomic E-state index is 13.4. The van der Waals surface area contributed by atoms with Crippen molar-refractivity contribution in [2.75, 3.05) is 5.32 Å². The summed E-state index contributed by atoms with van der Waals surface area (Å²) in [5.41, 5.74) is 4.26. The number of amidine groups is 1. The van der Waals surface area contributed by atoms with E-state index in [4.69, 9.17) is 0 Å². The van der Waals surface area contributed by atoms with Crippen LogP contribution >= 0.6 is 11.8 Å². The second kappa shape index (κ2) is 10.0. The molecule has 3 aromatic carbocycles. The van der Waals surface area contributed by atoms with E-state index in [1.807, 2.05) is 62.4 Å². The number of hydrogen-bond donors (Lipinski definition) is 1. The number of anilines is 1. The van der Waals surface area contributed by atoms with E-state index in [1.54, 1.807) is 17.0 Å². The Bertz CT molecular complexity index is 1200. The average molecular weight is 462 g/mol. The maximum Gasteiger partial charge on any atom is 0.238 e. The minimum Gasteiger partial charge on any atom is -0.325 e. The fourth-order valence-electron chi connectivity index (χ4n) is 3.56. The molecule has 0 aliphatic carbocycles. The lowest BCUT2D eigenvalue weighted by Gasteiger charge is -2.32.